The maximum Gasteiger partial charge on any atom is 0.351 e. The van der Waals surface area contributed by atoms with Crippen LogP contribution in [0.2, 0.25) is 0 Å². The lowest BCUT2D eigenvalue weighted by Crippen LogP contribution is -2.41. The smallest absolute Gasteiger partial charge is 0.351 e. The molecule has 4 amide bonds. The Morgan fingerprint density at radius 1 is 0.434 bits per heavy atom. The maximum atomic E-state index is 14.2. The molecule has 8 aromatic rings. The van der Waals surface area contributed by atoms with Crippen molar-refractivity contribution in [1.29, 1.82) is 0 Å². The Morgan fingerprint density at radius 3 is 1.23 bits per heavy atom. The molecular weight excluding hydrogens is 1650 g/mol. The number of alkyl halides is 8. The number of rotatable bonds is 16. The van der Waals surface area contributed by atoms with Crippen molar-refractivity contribution in [3.05, 3.63) is 197 Å². The molecule has 4 unspecified atom stereocenters. The van der Waals surface area contributed by atoms with Gasteiger partial charge in [0, 0.05) is 43.6 Å². The number of carbonyl (C=O) groups is 4. The van der Waals surface area contributed by atoms with Gasteiger partial charge in [0.15, 0.2) is 36.0 Å². The number of aromatic nitrogens is 9. The normalized spacial score (nSPS) is 24.6. The van der Waals surface area contributed by atoms with Gasteiger partial charge in [-0.1, -0.05) is 12.1 Å². The fourth-order valence-corrected chi connectivity index (χ4v) is 13.9. The quantitative estimate of drug-likeness (QED) is 0.0614. The van der Waals surface area contributed by atoms with E-state index in [-0.39, 0.29) is 45.7 Å². The van der Waals surface area contributed by atoms with Gasteiger partial charge in [-0.15, -0.1) is 0 Å². The van der Waals surface area contributed by atoms with E-state index >= 15 is 0 Å². The standard InChI is InChI=1S/C19H18F3N3O6.2C19H19F2N3O6.C18H19F2N5O6/c20-10-6-9-2-1-5-30-14(9)11(7-10)16(28)23-13-3-4-25(18(29)24-13)17-19(21,22)15(27)12(8-26)31-17;20-19(21)15(26)12(9-25)30-17(19)24-7-6-13(23-18(24)28)22-16(27)11-5-1-3-10-4-2-8-29-14(10)11;20-19(21)15(26)13(9-25)30-17(19)24-6-5-14(23-18(24)28)22-16(27)11-3-4-12-10(8-11)2-1-7-29-12;1-24-4-5-30-10-6-9(7-21-14(10)24)15(28)22-12-2-3-25(17(29)23-12)16-18(19,20)13(27)11(8-26)31-16/h3-4,6-7,12,15,17,26-27H,1-2,5,8H2,(H,23,24,28,29);1,3,5-7,12,15,17,25-26H,2,4,8-9H2,(H,22,23,27,28);3-6,8,13,15,17,25-26H,1-2,7,9H2,(H,22,23,27,28);2-3,6-7,11,13,16,26-27H,4-5,8H2,1H3,(H,22,23,28,29)/t2*12-,15-,17?;13-,15-,17?;11-,13-,16?/m1111/s1. The van der Waals surface area contributed by atoms with Crippen molar-refractivity contribution in [2.75, 3.05) is 92.6 Å². The third kappa shape index (κ3) is 17.9. The van der Waals surface area contributed by atoms with Crippen LogP contribution in [-0.2, 0) is 38.2 Å². The van der Waals surface area contributed by atoms with Gasteiger partial charge >= 0.3 is 46.4 Å². The van der Waals surface area contributed by atoms with Crippen LogP contribution in [0.4, 0.5) is 68.6 Å². The van der Waals surface area contributed by atoms with Crippen LogP contribution in [0.3, 0.4) is 0 Å². The number of anilines is 5. The third-order valence-corrected chi connectivity index (χ3v) is 20.2. The topological polar surface area (TPSA) is 508 Å². The monoisotopic (exact) mass is 1730 g/mol. The maximum absolute atomic E-state index is 14.2. The number of nitrogens with one attached hydrogen (secondary N) is 4. The second kappa shape index (κ2) is 36.0. The van der Waals surface area contributed by atoms with Crippen molar-refractivity contribution < 1.29 is 137 Å². The lowest BCUT2D eigenvalue weighted by Gasteiger charge is -2.26. The number of aliphatic hydroxyl groups excluding tert-OH is 8. The average molecular weight is 1730 g/mol. The highest BCUT2D eigenvalue weighted by Crippen LogP contribution is 2.46. The van der Waals surface area contributed by atoms with Crippen molar-refractivity contribution in [3.8, 4) is 23.0 Å². The van der Waals surface area contributed by atoms with E-state index in [9.17, 15) is 98.3 Å². The predicted molar refractivity (Wildman–Crippen MR) is 397 cm³/mol. The Labute approximate surface area is 679 Å². The van der Waals surface area contributed by atoms with Gasteiger partial charge in [-0.2, -0.15) is 55.1 Å². The molecule has 3 aromatic carbocycles. The first-order valence-electron chi connectivity index (χ1n) is 37.3. The second-order valence-corrected chi connectivity index (χ2v) is 28.4. The molecule has 5 aromatic heterocycles. The van der Waals surface area contributed by atoms with Gasteiger partial charge in [-0.3, -0.25) is 37.4 Å². The van der Waals surface area contributed by atoms with Crippen LogP contribution < -0.4 is 67.9 Å². The van der Waals surface area contributed by atoms with E-state index in [1.54, 1.807) is 30.3 Å². The summed E-state index contributed by atoms with van der Waals surface area (Å²) in [6.07, 6.45) is -14.3. The predicted octanol–water partition coefficient (Wildman–Crippen LogP) is 1.86. The first-order chi connectivity index (χ1) is 58.1. The van der Waals surface area contributed by atoms with Crippen molar-refractivity contribution in [2.24, 2.45) is 0 Å². The summed E-state index contributed by atoms with van der Waals surface area (Å²) in [7, 11) is 1.84. The number of halogens is 9. The van der Waals surface area contributed by atoms with E-state index in [2.05, 4.69) is 46.2 Å². The minimum atomic E-state index is -3.86. The van der Waals surface area contributed by atoms with Gasteiger partial charge in [0.25, 0.3) is 23.6 Å². The number of carbonyl (C=O) groups excluding carboxylic acids is 4. The van der Waals surface area contributed by atoms with Crippen molar-refractivity contribution in [2.45, 2.75) is 136 Å². The summed E-state index contributed by atoms with van der Waals surface area (Å²) in [5.41, 5.74) is -1.53. The van der Waals surface area contributed by atoms with Gasteiger partial charge in [-0.25, -0.2) is 28.6 Å². The van der Waals surface area contributed by atoms with Crippen molar-refractivity contribution >= 4 is 52.7 Å². The van der Waals surface area contributed by atoms with E-state index < -0.39 is 176 Å². The molecule has 0 bridgehead atoms. The minimum Gasteiger partial charge on any atom is -0.493 e. The number of aliphatic hydroxyl groups is 8. The summed E-state index contributed by atoms with van der Waals surface area (Å²) in [5, 5.41) is 84.2. The van der Waals surface area contributed by atoms with Crippen molar-refractivity contribution in [3.63, 3.8) is 0 Å². The number of likely N-dealkylation sites (N-methyl/N-ethyl adjacent to an activating group) is 1. The van der Waals surface area contributed by atoms with E-state index in [0.717, 1.165) is 91.6 Å². The number of fused-ring (bicyclic) bond motifs is 4. The van der Waals surface area contributed by atoms with E-state index in [1.165, 1.54) is 24.4 Å². The largest absolute Gasteiger partial charge is 0.493 e. The number of aryl methyl sites for hydroxylation is 3. The molecule has 8 aliphatic heterocycles. The average Bonchev–Trinajstić information content (AvgIpc) is 1.62. The van der Waals surface area contributed by atoms with E-state index in [1.807, 2.05) is 18.0 Å². The molecule has 0 radical (unpaired) electrons. The molecule has 8 aliphatic rings. The zero-order valence-corrected chi connectivity index (χ0v) is 63.4. The minimum absolute atomic E-state index is 0.0831. The summed E-state index contributed by atoms with van der Waals surface area (Å²) in [6.45, 7) is -0.824. The third-order valence-electron chi connectivity index (χ3n) is 20.2. The van der Waals surface area contributed by atoms with Crippen LogP contribution in [0.5, 0.6) is 23.0 Å². The Morgan fingerprint density at radius 2 is 0.811 bits per heavy atom. The summed E-state index contributed by atoms with van der Waals surface area (Å²) >= 11 is 0. The van der Waals surface area contributed by atoms with Gasteiger partial charge in [0.05, 0.1) is 69.5 Å². The highest BCUT2D eigenvalue weighted by molar-refractivity contribution is 6.07. The number of ether oxygens (including phenoxy) is 8. The fraction of sp³-hybridized carbons (Fsp3) is 0.427. The van der Waals surface area contributed by atoms with Crippen LogP contribution in [0.15, 0.2) is 129 Å². The van der Waals surface area contributed by atoms with Gasteiger partial charge in [-0.05, 0) is 122 Å². The summed E-state index contributed by atoms with van der Waals surface area (Å²) in [6, 6.07) is 18.4. The molecule has 0 spiro atoms. The summed E-state index contributed by atoms with van der Waals surface area (Å²) < 4.78 is 171. The first kappa shape index (κ1) is 87.9. The molecule has 12 N–H and O–H groups in total. The SMILES string of the molecule is CN1CCOc2cc(C(=O)Nc3ccn(C4O[C@H](CO)[C@@H](O)C4(F)F)c(=O)n3)cnc21.O=C(Nc1ccn(C2O[C@H](CO)[C@@H](O)C2(F)F)c(=O)n1)c1cc(F)cc2c1OCCC2.O=C(Nc1ccn(C2O[C@H](CO)[C@@H](O)C2(F)F)c(=O)n1)c1ccc2c(c1)CCCO2.O=C(Nc1ccn(C2O[C@H](CO)[C@@H](O)C2(F)F)c(=O)n1)c1cccc2c1OCCC2. The van der Waals surface area contributed by atoms with Crippen LogP contribution in [-0.4, -0.2) is 247 Å². The molecule has 652 valence electrons. The summed E-state index contributed by atoms with van der Waals surface area (Å²) in [4.78, 5) is 120. The van der Waals surface area contributed by atoms with Crippen LogP contribution in [0.25, 0.3) is 0 Å². The first-order valence-corrected chi connectivity index (χ1v) is 37.3. The molecule has 122 heavy (non-hydrogen) atoms. The van der Waals surface area contributed by atoms with Gasteiger partial charge < -0.3 is 105 Å². The van der Waals surface area contributed by atoms with E-state index in [0.29, 0.717) is 92.5 Å². The molecule has 4 saturated heterocycles. The zero-order chi connectivity index (χ0) is 87.6. The highest BCUT2D eigenvalue weighted by Gasteiger charge is 2.63. The number of benzene rings is 3. The molecule has 0 aliphatic carbocycles. The number of pyridine rings is 1. The molecule has 13 heterocycles. The Bertz CT molecular complexity index is 5520. The van der Waals surface area contributed by atoms with Crippen LogP contribution in [0.1, 0.15) is 102 Å². The Balaban J connectivity index is 0.000000140. The molecule has 0 saturated carbocycles. The lowest BCUT2D eigenvalue weighted by atomic mass is 10.0. The van der Waals surface area contributed by atoms with Crippen LogP contribution in [0, 0.1) is 5.82 Å². The van der Waals surface area contributed by atoms with Crippen molar-refractivity contribution in [1.82, 2.24) is 43.2 Å². The fourth-order valence-electron chi connectivity index (χ4n) is 13.9. The van der Waals surface area contributed by atoms with Gasteiger partial charge in [0.1, 0.15) is 77.4 Å². The Kier molecular flexibility index (Phi) is 26.0. The number of amides is 4. The highest BCUT2D eigenvalue weighted by atomic mass is 19.3. The second-order valence-electron chi connectivity index (χ2n) is 28.4. The number of hydrogen-bond acceptors (Lipinski definition) is 30. The zero-order valence-electron chi connectivity index (χ0n) is 63.4. The van der Waals surface area contributed by atoms with E-state index in [4.69, 9.17) is 58.3 Å². The molecule has 12 atom stereocenters. The van der Waals surface area contributed by atoms with Crippen LogP contribution >= 0.6 is 0 Å². The molecule has 38 nitrogen and oxygen atoms in total. The Hall–Kier alpha value is -11.9. The lowest BCUT2D eigenvalue weighted by molar-refractivity contribution is -0.141. The number of para-hydroxylation sites is 1. The molecule has 47 heteroatoms. The van der Waals surface area contributed by atoms with Gasteiger partial charge in [0.2, 0.25) is 24.9 Å². The molecular formula is C75H75F9N14O24. The molecule has 16 rings (SSSR count). The summed E-state index contributed by atoms with van der Waals surface area (Å²) in [5.74, 6) is -16.7. The number of nitrogens with zero attached hydrogens (tertiary/aromatic N) is 10. The molecule has 4 fully saturated rings. The number of hydrogen-bond donors (Lipinski definition) is 12.